The number of benzene rings is 2. The minimum atomic E-state index is 0.796. The summed E-state index contributed by atoms with van der Waals surface area (Å²) in [5.41, 5.74) is 6.15. The second-order valence-corrected chi connectivity index (χ2v) is 6.41. The third-order valence-electron chi connectivity index (χ3n) is 5.22. The number of rotatable bonds is 2. The first kappa shape index (κ1) is 12.9. The van der Waals surface area contributed by atoms with Crippen LogP contribution in [0.2, 0.25) is 0 Å². The molecule has 1 saturated carbocycles. The molecule has 0 heterocycles. The summed E-state index contributed by atoms with van der Waals surface area (Å²) in [5.74, 6) is 1.59. The van der Waals surface area contributed by atoms with Crippen molar-refractivity contribution >= 4 is 11.1 Å². The monoisotopic (exact) mass is 274 g/mol. The molecule has 2 aliphatic rings. The maximum absolute atomic E-state index is 2.29. The first-order valence-corrected chi connectivity index (χ1v) is 8.30. The van der Waals surface area contributed by atoms with E-state index in [1.165, 1.54) is 43.2 Å². The van der Waals surface area contributed by atoms with Gasteiger partial charge in [-0.1, -0.05) is 79.9 Å². The van der Waals surface area contributed by atoms with Crippen molar-refractivity contribution in [1.29, 1.82) is 0 Å². The van der Waals surface area contributed by atoms with Crippen molar-refractivity contribution in [2.75, 3.05) is 0 Å². The molecule has 0 saturated heterocycles. The summed E-state index contributed by atoms with van der Waals surface area (Å²) in [6.45, 7) is 0. The zero-order chi connectivity index (χ0) is 14.1. The van der Waals surface area contributed by atoms with Gasteiger partial charge in [0, 0.05) is 0 Å². The topological polar surface area (TPSA) is 0 Å². The van der Waals surface area contributed by atoms with Gasteiger partial charge < -0.3 is 0 Å². The highest BCUT2D eigenvalue weighted by Crippen LogP contribution is 2.56. The normalized spacial score (nSPS) is 25.0. The lowest BCUT2D eigenvalue weighted by Crippen LogP contribution is -2.28. The van der Waals surface area contributed by atoms with Crippen LogP contribution >= 0.6 is 0 Å². The predicted octanol–water partition coefficient (Wildman–Crippen LogP) is 5.81. The fourth-order valence-electron chi connectivity index (χ4n) is 4.28. The van der Waals surface area contributed by atoms with Crippen molar-refractivity contribution in [2.24, 2.45) is 11.8 Å². The van der Waals surface area contributed by atoms with Gasteiger partial charge in [0.05, 0.1) is 0 Å². The standard InChI is InChI=1S/C21H22/c1-4-10-16(11-5-1)20-18-14-8-3-9-15-19(18)21(20)17-12-6-2-7-13-17/h1-2,4-7,10-13,18-19H,3,8-9,14-15H2. The van der Waals surface area contributed by atoms with E-state index in [1.807, 2.05) is 0 Å². The molecule has 2 unspecified atom stereocenters. The average Bonchev–Trinajstić information content (AvgIpc) is 2.73. The van der Waals surface area contributed by atoms with Gasteiger partial charge in [0.25, 0.3) is 0 Å². The van der Waals surface area contributed by atoms with Crippen molar-refractivity contribution in [3.8, 4) is 0 Å². The second kappa shape index (κ2) is 5.52. The molecule has 0 heteroatoms. The van der Waals surface area contributed by atoms with Crippen molar-refractivity contribution in [2.45, 2.75) is 32.1 Å². The van der Waals surface area contributed by atoms with E-state index in [2.05, 4.69) is 60.7 Å². The van der Waals surface area contributed by atoms with Crippen molar-refractivity contribution in [3.05, 3.63) is 71.8 Å². The van der Waals surface area contributed by atoms with Gasteiger partial charge in [-0.05, 0) is 47.0 Å². The van der Waals surface area contributed by atoms with Crippen LogP contribution < -0.4 is 0 Å². The van der Waals surface area contributed by atoms with E-state index in [-0.39, 0.29) is 0 Å². The van der Waals surface area contributed by atoms with Crippen LogP contribution in [0.4, 0.5) is 0 Å². The molecule has 0 nitrogen and oxygen atoms in total. The molecule has 2 aliphatic carbocycles. The van der Waals surface area contributed by atoms with Crippen LogP contribution in [-0.4, -0.2) is 0 Å². The highest BCUT2D eigenvalue weighted by molar-refractivity contribution is 5.99. The van der Waals surface area contributed by atoms with Crippen LogP contribution in [0.25, 0.3) is 11.1 Å². The van der Waals surface area contributed by atoms with Gasteiger partial charge in [-0.25, -0.2) is 0 Å². The first-order chi connectivity index (χ1) is 10.4. The number of hydrogen-bond donors (Lipinski definition) is 0. The van der Waals surface area contributed by atoms with Gasteiger partial charge in [-0.3, -0.25) is 0 Å². The van der Waals surface area contributed by atoms with E-state index in [1.54, 1.807) is 11.1 Å². The zero-order valence-electron chi connectivity index (χ0n) is 12.5. The van der Waals surface area contributed by atoms with Crippen LogP contribution in [0.5, 0.6) is 0 Å². The Morgan fingerprint density at radius 2 is 0.952 bits per heavy atom. The average molecular weight is 274 g/mol. The van der Waals surface area contributed by atoms with Crippen LogP contribution in [0.3, 0.4) is 0 Å². The lowest BCUT2D eigenvalue weighted by atomic mass is 9.61. The predicted molar refractivity (Wildman–Crippen MR) is 89.8 cm³/mol. The van der Waals surface area contributed by atoms with E-state index < -0.39 is 0 Å². The highest BCUT2D eigenvalue weighted by Gasteiger charge is 2.41. The molecule has 0 aromatic heterocycles. The summed E-state index contributed by atoms with van der Waals surface area (Å²) >= 11 is 0. The molecule has 2 aromatic carbocycles. The smallest absolute Gasteiger partial charge is 0.00838 e. The summed E-state index contributed by atoms with van der Waals surface area (Å²) in [4.78, 5) is 0. The van der Waals surface area contributed by atoms with E-state index in [0.29, 0.717) is 0 Å². The fourth-order valence-corrected chi connectivity index (χ4v) is 4.28. The Hall–Kier alpha value is -1.82. The van der Waals surface area contributed by atoms with E-state index >= 15 is 0 Å². The molecule has 2 atom stereocenters. The third-order valence-corrected chi connectivity index (χ3v) is 5.22. The van der Waals surface area contributed by atoms with Gasteiger partial charge in [-0.15, -0.1) is 0 Å². The Bertz CT molecular complexity index is 579. The van der Waals surface area contributed by atoms with Gasteiger partial charge >= 0.3 is 0 Å². The van der Waals surface area contributed by atoms with E-state index in [0.717, 1.165) is 11.8 Å². The molecular weight excluding hydrogens is 252 g/mol. The maximum Gasteiger partial charge on any atom is -0.00838 e. The minimum Gasteiger partial charge on any atom is -0.0622 e. The molecule has 0 radical (unpaired) electrons. The van der Waals surface area contributed by atoms with Gasteiger partial charge in [0.1, 0.15) is 0 Å². The highest BCUT2D eigenvalue weighted by atomic mass is 14.4. The maximum atomic E-state index is 2.29. The number of hydrogen-bond acceptors (Lipinski definition) is 0. The molecule has 4 rings (SSSR count). The molecule has 21 heavy (non-hydrogen) atoms. The Kier molecular flexibility index (Phi) is 3.39. The summed E-state index contributed by atoms with van der Waals surface area (Å²) in [6, 6.07) is 22.1. The fraction of sp³-hybridized carbons (Fsp3) is 0.333. The van der Waals surface area contributed by atoms with E-state index in [4.69, 9.17) is 0 Å². The van der Waals surface area contributed by atoms with Crippen LogP contribution in [0, 0.1) is 11.8 Å². The number of fused-ring (bicyclic) bond motifs is 1. The Balaban J connectivity index is 1.84. The largest absolute Gasteiger partial charge is 0.0622 e. The van der Waals surface area contributed by atoms with Gasteiger partial charge in [-0.2, -0.15) is 0 Å². The molecule has 1 fully saturated rings. The van der Waals surface area contributed by atoms with Crippen molar-refractivity contribution < 1.29 is 0 Å². The Morgan fingerprint density at radius 3 is 1.38 bits per heavy atom. The van der Waals surface area contributed by atoms with Crippen molar-refractivity contribution in [3.63, 3.8) is 0 Å². The zero-order valence-corrected chi connectivity index (χ0v) is 12.5. The first-order valence-electron chi connectivity index (χ1n) is 8.30. The molecule has 0 N–H and O–H groups in total. The molecule has 0 amide bonds. The minimum absolute atomic E-state index is 0.796. The van der Waals surface area contributed by atoms with Gasteiger partial charge in [0.2, 0.25) is 0 Å². The van der Waals surface area contributed by atoms with Crippen molar-refractivity contribution in [1.82, 2.24) is 0 Å². The molecule has 0 bridgehead atoms. The van der Waals surface area contributed by atoms with Crippen LogP contribution in [-0.2, 0) is 0 Å². The lowest BCUT2D eigenvalue weighted by Gasteiger charge is -2.42. The molecule has 0 spiro atoms. The van der Waals surface area contributed by atoms with Crippen LogP contribution in [0.1, 0.15) is 43.2 Å². The summed E-state index contributed by atoms with van der Waals surface area (Å²) in [7, 11) is 0. The summed E-state index contributed by atoms with van der Waals surface area (Å²) in [5, 5.41) is 0. The summed E-state index contributed by atoms with van der Waals surface area (Å²) in [6.07, 6.45) is 6.98. The SMILES string of the molecule is c1ccc(C2=C(c3ccccc3)C3CCCCCC23)cc1. The van der Waals surface area contributed by atoms with Crippen LogP contribution in [0.15, 0.2) is 60.7 Å². The quantitative estimate of drug-likeness (QED) is 0.648. The van der Waals surface area contributed by atoms with Gasteiger partial charge in [0.15, 0.2) is 0 Å². The van der Waals surface area contributed by atoms with E-state index in [9.17, 15) is 0 Å². The Labute approximate surface area is 127 Å². The molecule has 0 aliphatic heterocycles. The molecule has 2 aromatic rings. The third kappa shape index (κ3) is 2.23. The molecule has 106 valence electrons. The summed E-state index contributed by atoms with van der Waals surface area (Å²) < 4.78 is 0. The Morgan fingerprint density at radius 1 is 0.524 bits per heavy atom. The molecular formula is C21H22. The number of allylic oxidation sites excluding steroid dienone is 2. The second-order valence-electron chi connectivity index (χ2n) is 6.41. The lowest BCUT2D eigenvalue weighted by molar-refractivity contribution is 0.440.